The third-order valence-electron chi connectivity index (χ3n) is 5.70. The van der Waals surface area contributed by atoms with Crippen molar-refractivity contribution in [3.05, 3.63) is 65.6 Å². The summed E-state index contributed by atoms with van der Waals surface area (Å²) in [5.74, 6) is 0.635. The van der Waals surface area contributed by atoms with Gasteiger partial charge in [-0.05, 0) is 41.0 Å². The molecule has 3 heterocycles. The van der Waals surface area contributed by atoms with Crippen molar-refractivity contribution in [2.24, 2.45) is 7.05 Å². The summed E-state index contributed by atoms with van der Waals surface area (Å²) in [5.41, 5.74) is 4.06. The van der Waals surface area contributed by atoms with E-state index in [4.69, 9.17) is 4.74 Å². The molecule has 1 aromatic heterocycles. The third-order valence-corrected chi connectivity index (χ3v) is 5.70. The lowest BCUT2D eigenvalue weighted by Gasteiger charge is -2.16. The molecule has 1 atom stereocenters. The zero-order valence-corrected chi connectivity index (χ0v) is 16.5. The minimum Gasteiger partial charge on any atom is -0.441 e. The maximum atomic E-state index is 14.9. The van der Waals surface area contributed by atoms with Gasteiger partial charge < -0.3 is 14.7 Å². The monoisotopic (exact) mass is 408 g/mol. The Labute approximate surface area is 172 Å². The number of aromatic nitrogens is 2. The minimum absolute atomic E-state index is 0.205. The Hall–Kier alpha value is -3.39. The summed E-state index contributed by atoms with van der Waals surface area (Å²) in [6.07, 6.45) is 0.618. The molecule has 1 unspecified atom stereocenters. The number of nitrogens with zero attached hydrogens (tertiary/aromatic N) is 4. The predicted molar refractivity (Wildman–Crippen MR) is 110 cm³/mol. The molecule has 0 bridgehead atoms. The van der Waals surface area contributed by atoms with Crippen molar-refractivity contribution in [1.29, 1.82) is 0 Å². The number of halogens is 1. The number of aliphatic hydroxyl groups is 1. The summed E-state index contributed by atoms with van der Waals surface area (Å²) in [4.78, 5) is 15.5. The molecule has 0 spiro atoms. The molecule has 0 saturated carbocycles. The van der Waals surface area contributed by atoms with Crippen molar-refractivity contribution in [3.8, 4) is 11.1 Å². The number of aryl methyl sites for hydroxylation is 1. The topological polar surface area (TPSA) is 70.8 Å². The first-order valence-electron chi connectivity index (χ1n) is 9.77. The second-order valence-corrected chi connectivity index (χ2v) is 7.62. The lowest BCUT2D eigenvalue weighted by Crippen LogP contribution is -2.25. The number of hydrogen-bond donors (Lipinski definition) is 1. The van der Waals surface area contributed by atoms with Crippen molar-refractivity contribution in [2.75, 3.05) is 23.0 Å². The summed E-state index contributed by atoms with van der Waals surface area (Å²) in [5, 5.41) is 13.4. The van der Waals surface area contributed by atoms with Crippen molar-refractivity contribution >= 4 is 17.6 Å². The quantitative estimate of drug-likeness (QED) is 0.719. The molecule has 0 aliphatic carbocycles. The van der Waals surface area contributed by atoms with Gasteiger partial charge in [0.25, 0.3) is 0 Å². The molecule has 1 N–H and O–H groups in total. The number of carbonyl (C=O) groups is 1. The summed E-state index contributed by atoms with van der Waals surface area (Å²) in [7, 11) is 1.92. The molecule has 2 aliphatic heterocycles. The molecule has 8 heteroatoms. The van der Waals surface area contributed by atoms with E-state index in [1.165, 1.54) is 16.5 Å². The Morgan fingerprint density at radius 2 is 2.00 bits per heavy atom. The molecule has 5 rings (SSSR count). The Morgan fingerprint density at radius 1 is 1.17 bits per heavy atom. The molecule has 1 saturated heterocycles. The molecule has 2 aromatic carbocycles. The number of carbonyl (C=O) groups excluding carboxylic acids is 1. The van der Waals surface area contributed by atoms with E-state index < -0.39 is 18.0 Å². The van der Waals surface area contributed by atoms with E-state index in [1.807, 2.05) is 36.0 Å². The van der Waals surface area contributed by atoms with Gasteiger partial charge in [0.1, 0.15) is 17.7 Å². The van der Waals surface area contributed by atoms with Crippen LogP contribution in [0.4, 0.5) is 20.7 Å². The summed E-state index contributed by atoms with van der Waals surface area (Å²) in [6.45, 7) is 1.48. The van der Waals surface area contributed by atoms with Crippen LogP contribution in [0.5, 0.6) is 0 Å². The van der Waals surface area contributed by atoms with Crippen LogP contribution in [0.2, 0.25) is 0 Å². The summed E-state index contributed by atoms with van der Waals surface area (Å²) in [6, 6.07) is 12.7. The van der Waals surface area contributed by atoms with Gasteiger partial charge in [-0.15, -0.1) is 0 Å². The van der Waals surface area contributed by atoms with E-state index in [0.29, 0.717) is 11.3 Å². The third kappa shape index (κ3) is 3.09. The lowest BCUT2D eigenvalue weighted by molar-refractivity contribution is 0.0963. The Bertz CT molecular complexity index is 1130. The smallest absolute Gasteiger partial charge is 0.414 e. The number of fused-ring (bicyclic) bond motifs is 1. The average molecular weight is 408 g/mol. The summed E-state index contributed by atoms with van der Waals surface area (Å²) >= 11 is 0. The van der Waals surface area contributed by atoms with Gasteiger partial charge in [-0.2, -0.15) is 5.10 Å². The van der Waals surface area contributed by atoms with Crippen molar-refractivity contribution < 1.29 is 19.0 Å². The van der Waals surface area contributed by atoms with E-state index in [0.717, 1.165) is 30.0 Å². The van der Waals surface area contributed by atoms with E-state index >= 15 is 0 Å². The highest BCUT2D eigenvalue weighted by atomic mass is 19.1. The maximum absolute atomic E-state index is 14.9. The highest BCUT2D eigenvalue weighted by Crippen LogP contribution is 2.33. The zero-order valence-electron chi connectivity index (χ0n) is 16.5. The molecule has 30 heavy (non-hydrogen) atoms. The molecule has 0 radical (unpaired) electrons. The van der Waals surface area contributed by atoms with E-state index in [9.17, 15) is 14.3 Å². The molecule has 7 nitrogen and oxygen atoms in total. The number of amides is 1. The van der Waals surface area contributed by atoms with E-state index in [-0.39, 0.29) is 13.2 Å². The normalized spacial score (nSPS) is 18.1. The van der Waals surface area contributed by atoms with Gasteiger partial charge >= 0.3 is 6.09 Å². The van der Waals surface area contributed by atoms with Gasteiger partial charge in [0.15, 0.2) is 0 Å². The first-order valence-corrected chi connectivity index (χ1v) is 9.77. The number of anilines is 2. The standard InChI is InChI=1S/C22H21FN4O3/c1-25-21(6-7-24-25)26-10-15-3-2-14(8-16(15)11-26)19-5-4-17(9-20(19)23)27-12-18(13-28)30-22(27)29/h2-9,18,28H,10-13H2,1H3. The Morgan fingerprint density at radius 3 is 2.70 bits per heavy atom. The van der Waals surface area contributed by atoms with Crippen molar-refractivity contribution in [3.63, 3.8) is 0 Å². The van der Waals surface area contributed by atoms with Crippen LogP contribution in [0, 0.1) is 5.82 Å². The van der Waals surface area contributed by atoms with Crippen molar-refractivity contribution in [2.45, 2.75) is 19.2 Å². The highest BCUT2D eigenvalue weighted by Gasteiger charge is 2.32. The average Bonchev–Trinajstić information content (AvgIpc) is 3.44. The summed E-state index contributed by atoms with van der Waals surface area (Å²) < 4.78 is 21.8. The fourth-order valence-electron chi connectivity index (χ4n) is 4.13. The SMILES string of the molecule is Cn1nccc1N1Cc2ccc(-c3ccc(N4CC(CO)OC4=O)cc3F)cc2C1. The van der Waals surface area contributed by atoms with Crippen LogP contribution in [-0.4, -0.2) is 40.2 Å². The van der Waals surface area contributed by atoms with E-state index in [1.54, 1.807) is 18.3 Å². The van der Waals surface area contributed by atoms with Crippen LogP contribution in [0.25, 0.3) is 11.1 Å². The minimum atomic E-state index is -0.584. The largest absolute Gasteiger partial charge is 0.441 e. The van der Waals surface area contributed by atoms with Gasteiger partial charge in [-0.25, -0.2) is 9.18 Å². The predicted octanol–water partition coefficient (Wildman–Crippen LogP) is 3.06. The second kappa shape index (κ2) is 7.14. The molecular formula is C22H21FN4O3. The van der Waals surface area contributed by atoms with Gasteiger partial charge in [-0.1, -0.05) is 12.1 Å². The van der Waals surface area contributed by atoms with E-state index in [2.05, 4.69) is 10.00 Å². The van der Waals surface area contributed by atoms with Crippen LogP contribution in [0.1, 0.15) is 11.1 Å². The Balaban J connectivity index is 1.40. The maximum Gasteiger partial charge on any atom is 0.414 e. The fraction of sp³-hybridized carbons (Fsp3) is 0.273. The molecule has 1 fully saturated rings. The fourth-order valence-corrected chi connectivity index (χ4v) is 4.13. The molecular weight excluding hydrogens is 387 g/mol. The van der Waals surface area contributed by atoms with Crippen molar-refractivity contribution in [1.82, 2.24) is 9.78 Å². The molecule has 3 aromatic rings. The van der Waals surface area contributed by atoms with Gasteiger partial charge in [0.05, 0.1) is 25.0 Å². The van der Waals surface area contributed by atoms with Gasteiger partial charge in [-0.3, -0.25) is 9.58 Å². The molecule has 1 amide bonds. The first kappa shape index (κ1) is 18.6. The van der Waals surface area contributed by atoms with Crippen LogP contribution in [0.3, 0.4) is 0 Å². The van der Waals surface area contributed by atoms with Gasteiger partial charge in [0.2, 0.25) is 0 Å². The first-order chi connectivity index (χ1) is 14.5. The molecule has 2 aliphatic rings. The van der Waals surface area contributed by atoms with Crippen LogP contribution in [-0.2, 0) is 24.9 Å². The number of rotatable bonds is 4. The number of aliphatic hydroxyl groups excluding tert-OH is 1. The number of hydrogen-bond acceptors (Lipinski definition) is 5. The number of benzene rings is 2. The lowest BCUT2D eigenvalue weighted by atomic mass is 10.00. The van der Waals surface area contributed by atoms with Gasteiger partial charge in [0, 0.05) is 31.8 Å². The van der Waals surface area contributed by atoms with Crippen LogP contribution < -0.4 is 9.80 Å². The molecule has 154 valence electrons. The Kier molecular flexibility index (Phi) is 4.43. The number of cyclic esters (lactones) is 1. The number of ether oxygens (including phenoxy) is 1. The highest BCUT2D eigenvalue weighted by molar-refractivity contribution is 5.90. The zero-order chi connectivity index (χ0) is 20.8. The second-order valence-electron chi connectivity index (χ2n) is 7.62. The van der Waals surface area contributed by atoms with Crippen LogP contribution >= 0.6 is 0 Å². The van der Waals surface area contributed by atoms with Crippen LogP contribution in [0.15, 0.2) is 48.7 Å².